The first kappa shape index (κ1) is 14.2. The summed E-state index contributed by atoms with van der Waals surface area (Å²) in [7, 11) is -0.513. The Morgan fingerprint density at radius 1 is 1.17 bits per heavy atom. The van der Waals surface area contributed by atoms with Gasteiger partial charge in [0.25, 0.3) is 0 Å². The summed E-state index contributed by atoms with van der Waals surface area (Å²) in [5.41, 5.74) is -0.236. The summed E-state index contributed by atoms with van der Waals surface area (Å²) < 4.78 is 21.9. The molecule has 18 heavy (non-hydrogen) atoms. The number of ketones is 1. The lowest BCUT2D eigenvalue weighted by atomic mass is 9.69. The van der Waals surface area contributed by atoms with E-state index in [9.17, 15) is 9.36 Å². The number of hydrogen-bond donors (Lipinski definition) is 0. The Morgan fingerprint density at radius 2 is 1.78 bits per heavy atom. The summed E-state index contributed by atoms with van der Waals surface area (Å²) in [6.45, 7) is 0. The van der Waals surface area contributed by atoms with Crippen LogP contribution in [0.1, 0.15) is 44.9 Å². The first-order chi connectivity index (χ1) is 8.53. The molecule has 104 valence electrons. The van der Waals surface area contributed by atoms with E-state index in [1.807, 2.05) is 0 Å². The van der Waals surface area contributed by atoms with E-state index in [0.29, 0.717) is 0 Å². The minimum Gasteiger partial charge on any atom is -0.312 e. The number of carbonyl (C=O) groups is 1. The minimum atomic E-state index is -3.21. The molecule has 0 heterocycles. The van der Waals surface area contributed by atoms with Gasteiger partial charge in [-0.2, -0.15) is 0 Å². The second-order valence-corrected chi connectivity index (χ2v) is 7.94. The van der Waals surface area contributed by atoms with Gasteiger partial charge in [-0.25, -0.2) is 0 Å². The van der Waals surface area contributed by atoms with Gasteiger partial charge in [-0.05, 0) is 38.0 Å². The van der Waals surface area contributed by atoms with E-state index in [-0.39, 0.29) is 17.4 Å². The Hall–Kier alpha value is -0.180. The molecule has 2 bridgehead atoms. The van der Waals surface area contributed by atoms with E-state index in [1.54, 1.807) is 0 Å². The summed E-state index contributed by atoms with van der Waals surface area (Å²) in [5.74, 6) is 0.903. The van der Waals surface area contributed by atoms with E-state index in [4.69, 9.17) is 9.05 Å². The van der Waals surface area contributed by atoms with Crippen molar-refractivity contribution in [1.82, 2.24) is 0 Å². The van der Waals surface area contributed by atoms with Crippen molar-refractivity contribution in [3.63, 3.8) is 0 Å². The molecule has 0 unspecified atom stereocenters. The van der Waals surface area contributed by atoms with Crippen molar-refractivity contribution in [2.24, 2.45) is 11.3 Å². The van der Waals surface area contributed by atoms with Crippen LogP contribution < -0.4 is 0 Å². The quantitative estimate of drug-likeness (QED) is 0.721. The predicted molar refractivity (Wildman–Crippen MR) is 69.7 cm³/mol. The second kappa shape index (κ2) is 5.44. The lowest BCUT2D eigenvalue weighted by molar-refractivity contribution is -0.128. The van der Waals surface area contributed by atoms with Crippen molar-refractivity contribution in [3.05, 3.63) is 0 Å². The highest BCUT2D eigenvalue weighted by Crippen LogP contribution is 2.53. The Balaban J connectivity index is 2.10. The Labute approximate surface area is 109 Å². The Kier molecular flexibility index (Phi) is 4.30. The number of Topliss-reactive ketones (excluding diaryl/α,β-unsaturated/α-hetero) is 1. The van der Waals surface area contributed by atoms with Gasteiger partial charge < -0.3 is 9.05 Å². The molecule has 4 nitrogen and oxygen atoms in total. The van der Waals surface area contributed by atoms with Crippen molar-refractivity contribution in [2.75, 3.05) is 20.4 Å². The molecular formula is C13H23O4P. The predicted octanol–water partition coefficient (Wildman–Crippen LogP) is 3.40. The molecule has 3 fully saturated rings. The van der Waals surface area contributed by atoms with Crippen LogP contribution in [-0.2, 0) is 18.4 Å². The first-order valence-electron chi connectivity index (χ1n) is 6.77. The maximum absolute atomic E-state index is 12.5. The zero-order chi connectivity index (χ0) is 13.2. The van der Waals surface area contributed by atoms with Gasteiger partial charge in [0.2, 0.25) is 0 Å². The SMILES string of the molecule is COP(=O)(CC(=O)C12CCCC(CC1)CC2)OC. The second-order valence-electron chi connectivity index (χ2n) is 5.67. The number of fused-ring (bicyclic) bond motifs is 4. The summed E-state index contributed by atoms with van der Waals surface area (Å²) >= 11 is 0. The van der Waals surface area contributed by atoms with Gasteiger partial charge in [-0.3, -0.25) is 9.36 Å². The third-order valence-corrected chi connectivity index (χ3v) is 6.60. The molecule has 0 spiro atoms. The molecule has 3 rings (SSSR count). The molecule has 0 N–H and O–H groups in total. The Bertz CT molecular complexity index is 344. The van der Waals surface area contributed by atoms with Crippen LogP contribution in [-0.4, -0.2) is 26.2 Å². The smallest absolute Gasteiger partial charge is 0.312 e. The lowest BCUT2D eigenvalue weighted by Gasteiger charge is -2.36. The number of rotatable bonds is 5. The van der Waals surface area contributed by atoms with Gasteiger partial charge in [0.1, 0.15) is 6.16 Å². The normalized spacial score (nSPS) is 32.2. The van der Waals surface area contributed by atoms with E-state index in [0.717, 1.165) is 44.4 Å². The molecule has 3 aliphatic rings. The average molecular weight is 274 g/mol. The summed E-state index contributed by atoms with van der Waals surface area (Å²) in [5, 5.41) is 0. The van der Waals surface area contributed by atoms with Crippen LogP contribution in [0, 0.1) is 11.3 Å². The summed E-state index contributed by atoms with van der Waals surface area (Å²) in [6, 6.07) is 0. The maximum atomic E-state index is 12.5. The van der Waals surface area contributed by atoms with Crippen LogP contribution in [0.3, 0.4) is 0 Å². The van der Waals surface area contributed by atoms with Crippen molar-refractivity contribution in [1.29, 1.82) is 0 Å². The standard InChI is InChI=1S/C13H23O4P/c1-16-18(15,17-2)10-12(14)13-7-3-4-11(5-8-13)6-9-13/h11H,3-10H2,1-2H3. The van der Waals surface area contributed by atoms with E-state index in [2.05, 4.69) is 0 Å². The van der Waals surface area contributed by atoms with Crippen LogP contribution >= 0.6 is 7.60 Å². The molecule has 0 amide bonds. The van der Waals surface area contributed by atoms with Crippen LogP contribution in [0.5, 0.6) is 0 Å². The number of hydrogen-bond acceptors (Lipinski definition) is 4. The molecule has 0 aromatic rings. The highest BCUT2D eigenvalue weighted by Gasteiger charge is 2.45. The van der Waals surface area contributed by atoms with E-state index < -0.39 is 7.60 Å². The third-order valence-electron chi connectivity index (χ3n) is 4.82. The van der Waals surface area contributed by atoms with Crippen LogP contribution in [0.2, 0.25) is 0 Å². The lowest BCUT2D eigenvalue weighted by Crippen LogP contribution is -2.35. The van der Waals surface area contributed by atoms with Crippen LogP contribution in [0.15, 0.2) is 0 Å². The highest BCUT2D eigenvalue weighted by atomic mass is 31.2. The van der Waals surface area contributed by atoms with Crippen molar-refractivity contribution >= 4 is 13.4 Å². The zero-order valence-corrected chi connectivity index (χ0v) is 12.2. The molecule has 0 aromatic carbocycles. The summed E-state index contributed by atoms with van der Waals surface area (Å²) in [4.78, 5) is 12.5. The monoisotopic (exact) mass is 274 g/mol. The third kappa shape index (κ3) is 2.71. The Morgan fingerprint density at radius 3 is 2.33 bits per heavy atom. The average Bonchev–Trinajstić information content (AvgIpc) is 2.73. The molecule has 3 aliphatic carbocycles. The maximum Gasteiger partial charge on any atom is 0.337 e. The van der Waals surface area contributed by atoms with Gasteiger partial charge >= 0.3 is 7.60 Å². The molecule has 0 radical (unpaired) electrons. The highest BCUT2D eigenvalue weighted by molar-refractivity contribution is 7.54. The topological polar surface area (TPSA) is 52.6 Å². The molecule has 3 saturated carbocycles. The van der Waals surface area contributed by atoms with Crippen molar-refractivity contribution in [2.45, 2.75) is 44.9 Å². The molecule has 0 atom stereocenters. The van der Waals surface area contributed by atoms with Gasteiger partial charge in [0, 0.05) is 19.6 Å². The fourth-order valence-electron chi connectivity index (χ4n) is 3.46. The zero-order valence-electron chi connectivity index (χ0n) is 11.3. The van der Waals surface area contributed by atoms with Crippen LogP contribution in [0.25, 0.3) is 0 Å². The fraction of sp³-hybridized carbons (Fsp3) is 0.923. The van der Waals surface area contributed by atoms with Crippen molar-refractivity contribution < 1.29 is 18.4 Å². The minimum absolute atomic E-state index is 0.0648. The molecule has 0 aromatic heterocycles. The van der Waals surface area contributed by atoms with Gasteiger partial charge in [-0.1, -0.05) is 12.8 Å². The number of carbonyl (C=O) groups excluding carboxylic acids is 1. The molecular weight excluding hydrogens is 251 g/mol. The van der Waals surface area contributed by atoms with Gasteiger partial charge in [0.05, 0.1) is 0 Å². The molecule has 0 aliphatic heterocycles. The molecule has 5 heteroatoms. The van der Waals surface area contributed by atoms with Gasteiger partial charge in [0.15, 0.2) is 5.78 Å². The van der Waals surface area contributed by atoms with Gasteiger partial charge in [-0.15, -0.1) is 0 Å². The van der Waals surface area contributed by atoms with Crippen molar-refractivity contribution in [3.8, 4) is 0 Å². The van der Waals surface area contributed by atoms with Crippen LogP contribution in [0.4, 0.5) is 0 Å². The first-order valence-corrected chi connectivity index (χ1v) is 8.50. The largest absolute Gasteiger partial charge is 0.337 e. The van der Waals surface area contributed by atoms with E-state index in [1.165, 1.54) is 20.6 Å². The summed E-state index contributed by atoms with van der Waals surface area (Å²) in [6.07, 6.45) is 7.49. The molecule has 0 saturated heterocycles. The fourth-order valence-corrected chi connectivity index (χ4v) is 4.56. The van der Waals surface area contributed by atoms with E-state index >= 15 is 0 Å².